The first kappa shape index (κ1) is 15.3. The molecule has 1 aromatic carbocycles. The lowest BCUT2D eigenvalue weighted by Crippen LogP contribution is -2.36. The molecule has 104 valence electrons. The van der Waals surface area contributed by atoms with Crippen LogP contribution in [-0.2, 0) is 9.59 Å². The van der Waals surface area contributed by atoms with Crippen molar-refractivity contribution in [2.24, 2.45) is 5.73 Å². The first-order chi connectivity index (χ1) is 9.06. The maximum absolute atomic E-state index is 11.6. The van der Waals surface area contributed by atoms with Gasteiger partial charge >= 0.3 is 0 Å². The lowest BCUT2D eigenvalue weighted by Gasteiger charge is -2.12. The molecule has 1 aromatic rings. The molecule has 0 bridgehead atoms. The summed E-state index contributed by atoms with van der Waals surface area (Å²) in [5.74, 6) is -0.283. The molecule has 4 N–H and O–H groups in total. The minimum Gasteiger partial charge on any atom is -0.492 e. The van der Waals surface area contributed by atoms with Crippen LogP contribution in [0, 0.1) is 0 Å². The summed E-state index contributed by atoms with van der Waals surface area (Å²) in [6, 6.07) is 4.88. The first-order valence-electron chi connectivity index (χ1n) is 5.75. The van der Waals surface area contributed by atoms with Crippen LogP contribution in [0.1, 0.15) is 6.92 Å². The van der Waals surface area contributed by atoms with Gasteiger partial charge in [-0.3, -0.25) is 9.59 Å². The van der Waals surface area contributed by atoms with Crippen molar-refractivity contribution in [2.75, 3.05) is 25.0 Å². The number of nitrogens with one attached hydrogen (secondary N) is 2. The van der Waals surface area contributed by atoms with Gasteiger partial charge in [0.25, 0.3) is 0 Å². The van der Waals surface area contributed by atoms with E-state index in [4.69, 9.17) is 22.1 Å². The highest BCUT2D eigenvalue weighted by molar-refractivity contribution is 6.30. The predicted molar refractivity (Wildman–Crippen MR) is 73.3 cm³/mol. The lowest BCUT2D eigenvalue weighted by molar-refractivity contribution is -0.123. The monoisotopic (exact) mass is 285 g/mol. The number of rotatable bonds is 6. The van der Waals surface area contributed by atoms with E-state index in [1.54, 1.807) is 18.2 Å². The fraction of sp³-hybridized carbons (Fsp3) is 0.333. The number of carbonyl (C=O) groups excluding carboxylic acids is 2. The van der Waals surface area contributed by atoms with Crippen LogP contribution in [0.5, 0.6) is 5.75 Å². The maximum Gasteiger partial charge on any atom is 0.243 e. The summed E-state index contributed by atoms with van der Waals surface area (Å²) >= 11 is 5.85. The number of hydrogen-bond acceptors (Lipinski definition) is 4. The van der Waals surface area contributed by atoms with Gasteiger partial charge in [-0.2, -0.15) is 0 Å². The summed E-state index contributed by atoms with van der Waals surface area (Å²) in [5.41, 5.74) is 5.61. The third kappa shape index (κ3) is 5.15. The van der Waals surface area contributed by atoms with E-state index in [-0.39, 0.29) is 19.0 Å². The highest BCUT2D eigenvalue weighted by Crippen LogP contribution is 2.28. The minimum atomic E-state index is -0.392. The number of anilines is 1. The minimum absolute atomic E-state index is 0.149. The van der Waals surface area contributed by atoms with E-state index in [1.165, 1.54) is 0 Å². The average Bonchev–Trinajstić information content (AvgIpc) is 2.39. The fourth-order valence-electron chi connectivity index (χ4n) is 1.32. The number of benzene rings is 1. The van der Waals surface area contributed by atoms with Gasteiger partial charge in [0, 0.05) is 11.1 Å². The van der Waals surface area contributed by atoms with Crippen molar-refractivity contribution in [3.05, 3.63) is 23.2 Å². The predicted octanol–water partition coefficient (Wildman–Crippen LogP) is 0.752. The number of ether oxygens (including phenoxy) is 1. The maximum atomic E-state index is 11.6. The van der Waals surface area contributed by atoms with E-state index in [0.717, 1.165) is 0 Å². The zero-order valence-electron chi connectivity index (χ0n) is 10.5. The van der Waals surface area contributed by atoms with Crippen molar-refractivity contribution < 1.29 is 14.3 Å². The molecule has 0 spiro atoms. The molecule has 0 saturated heterocycles. The number of hydrogen-bond donors (Lipinski definition) is 3. The molecule has 0 aromatic heterocycles. The van der Waals surface area contributed by atoms with Crippen LogP contribution < -0.4 is 21.1 Å². The highest BCUT2D eigenvalue weighted by Gasteiger charge is 2.09. The van der Waals surface area contributed by atoms with Crippen molar-refractivity contribution >= 4 is 29.1 Å². The van der Waals surface area contributed by atoms with E-state index in [1.807, 2.05) is 6.92 Å². The molecule has 7 heteroatoms. The number of amides is 2. The number of nitrogens with two attached hydrogens (primary N) is 1. The number of carbonyl (C=O) groups is 2. The summed E-state index contributed by atoms with van der Waals surface area (Å²) in [6.45, 7) is 1.98. The van der Waals surface area contributed by atoms with Gasteiger partial charge in [0.05, 0.1) is 25.4 Å². The molecule has 0 aliphatic carbocycles. The van der Waals surface area contributed by atoms with E-state index in [9.17, 15) is 9.59 Å². The second-order valence-electron chi connectivity index (χ2n) is 3.60. The third-order valence-corrected chi connectivity index (χ3v) is 2.38. The van der Waals surface area contributed by atoms with Crippen LogP contribution in [-0.4, -0.2) is 31.5 Å². The van der Waals surface area contributed by atoms with Crippen LogP contribution in [0.25, 0.3) is 0 Å². The largest absolute Gasteiger partial charge is 0.492 e. The molecule has 0 saturated carbocycles. The van der Waals surface area contributed by atoms with Crippen molar-refractivity contribution in [1.29, 1.82) is 0 Å². The molecule has 6 nitrogen and oxygen atoms in total. The standard InChI is InChI=1S/C12H16ClN3O3/c1-2-19-10-5-8(13)3-4-9(10)16-12(18)7-15-11(17)6-14/h3-5H,2,6-7,14H2,1H3,(H,15,17)(H,16,18). The summed E-state index contributed by atoms with van der Waals surface area (Å²) in [7, 11) is 0. The van der Waals surface area contributed by atoms with Crippen molar-refractivity contribution in [3.8, 4) is 5.75 Å². The zero-order valence-corrected chi connectivity index (χ0v) is 11.3. The third-order valence-electron chi connectivity index (χ3n) is 2.15. The topological polar surface area (TPSA) is 93.5 Å². The summed E-state index contributed by atoms with van der Waals surface area (Å²) in [5, 5.41) is 5.51. The summed E-state index contributed by atoms with van der Waals surface area (Å²) in [6.07, 6.45) is 0. The smallest absolute Gasteiger partial charge is 0.243 e. The molecule has 0 radical (unpaired) electrons. The van der Waals surface area contributed by atoms with Gasteiger partial charge in [0.15, 0.2) is 0 Å². The Labute approximate surface area is 116 Å². The fourth-order valence-corrected chi connectivity index (χ4v) is 1.48. The average molecular weight is 286 g/mol. The molecule has 0 heterocycles. The SMILES string of the molecule is CCOc1cc(Cl)ccc1NC(=O)CNC(=O)CN. The van der Waals surface area contributed by atoms with Gasteiger partial charge in [0.1, 0.15) is 5.75 Å². The Bertz CT molecular complexity index is 466. The first-order valence-corrected chi connectivity index (χ1v) is 6.13. The summed E-state index contributed by atoms with van der Waals surface area (Å²) < 4.78 is 5.36. The van der Waals surface area contributed by atoms with Crippen LogP contribution in [0.4, 0.5) is 5.69 Å². The van der Waals surface area contributed by atoms with E-state index >= 15 is 0 Å². The molecule has 0 aliphatic rings. The van der Waals surface area contributed by atoms with E-state index in [2.05, 4.69) is 10.6 Å². The van der Waals surface area contributed by atoms with Crippen LogP contribution in [0.15, 0.2) is 18.2 Å². The lowest BCUT2D eigenvalue weighted by atomic mass is 10.3. The van der Waals surface area contributed by atoms with E-state index in [0.29, 0.717) is 23.1 Å². The van der Waals surface area contributed by atoms with Gasteiger partial charge in [-0.15, -0.1) is 0 Å². The van der Waals surface area contributed by atoms with Gasteiger partial charge in [0.2, 0.25) is 11.8 Å². The quantitative estimate of drug-likeness (QED) is 0.719. The zero-order chi connectivity index (χ0) is 14.3. The molecule has 0 atom stereocenters. The second kappa shape index (κ2) is 7.60. The van der Waals surface area contributed by atoms with Crippen LogP contribution in [0.3, 0.4) is 0 Å². The second-order valence-corrected chi connectivity index (χ2v) is 4.04. The highest BCUT2D eigenvalue weighted by atomic mass is 35.5. The Morgan fingerprint density at radius 2 is 2.11 bits per heavy atom. The van der Waals surface area contributed by atoms with Gasteiger partial charge in [-0.05, 0) is 19.1 Å². The Morgan fingerprint density at radius 3 is 2.74 bits per heavy atom. The summed E-state index contributed by atoms with van der Waals surface area (Å²) in [4.78, 5) is 22.5. The molecule has 19 heavy (non-hydrogen) atoms. The van der Waals surface area contributed by atoms with Gasteiger partial charge < -0.3 is 21.1 Å². The normalized spacial score (nSPS) is 9.84. The Kier molecular flexibility index (Phi) is 6.11. The van der Waals surface area contributed by atoms with Gasteiger partial charge in [-0.1, -0.05) is 11.6 Å². The van der Waals surface area contributed by atoms with Crippen LogP contribution in [0.2, 0.25) is 5.02 Å². The van der Waals surface area contributed by atoms with Gasteiger partial charge in [-0.25, -0.2) is 0 Å². The Morgan fingerprint density at radius 1 is 1.37 bits per heavy atom. The van der Waals surface area contributed by atoms with Crippen LogP contribution >= 0.6 is 11.6 Å². The molecular weight excluding hydrogens is 270 g/mol. The van der Waals surface area contributed by atoms with Crippen molar-refractivity contribution in [2.45, 2.75) is 6.92 Å². The van der Waals surface area contributed by atoms with E-state index < -0.39 is 5.91 Å². The Hall–Kier alpha value is -1.79. The molecular formula is C12H16ClN3O3. The molecule has 1 rings (SSSR count). The van der Waals surface area contributed by atoms with Crippen molar-refractivity contribution in [1.82, 2.24) is 5.32 Å². The molecule has 0 unspecified atom stereocenters. The Balaban J connectivity index is 2.65. The number of halogens is 1. The molecule has 0 fully saturated rings. The molecule has 0 aliphatic heterocycles. The molecule has 2 amide bonds. The van der Waals surface area contributed by atoms with Crippen molar-refractivity contribution in [3.63, 3.8) is 0 Å².